The SMILES string of the molecule is C1CC2NCCC(N1)N2. The number of rotatable bonds is 0. The van der Waals surface area contributed by atoms with E-state index in [-0.39, 0.29) is 0 Å². The lowest BCUT2D eigenvalue weighted by atomic mass is 10.1. The Kier molecular flexibility index (Phi) is 1.41. The second kappa shape index (κ2) is 2.25. The van der Waals surface area contributed by atoms with Crippen molar-refractivity contribution >= 4 is 0 Å². The quantitative estimate of drug-likeness (QED) is 0.399. The maximum Gasteiger partial charge on any atom is 0.0595 e. The van der Waals surface area contributed by atoms with Crippen LogP contribution in [0.1, 0.15) is 12.8 Å². The van der Waals surface area contributed by atoms with Gasteiger partial charge in [0, 0.05) is 0 Å². The number of fused-ring (bicyclic) bond motifs is 2. The fourth-order valence-corrected chi connectivity index (χ4v) is 1.54. The molecule has 0 amide bonds. The van der Waals surface area contributed by atoms with Gasteiger partial charge >= 0.3 is 0 Å². The molecule has 2 heterocycles. The minimum atomic E-state index is 0.588. The van der Waals surface area contributed by atoms with Gasteiger partial charge in [0.25, 0.3) is 0 Å². The van der Waals surface area contributed by atoms with Crippen LogP contribution >= 0.6 is 0 Å². The predicted molar refractivity (Wildman–Crippen MR) is 36.0 cm³/mol. The van der Waals surface area contributed by atoms with Crippen LogP contribution in [0.3, 0.4) is 0 Å². The summed E-state index contributed by atoms with van der Waals surface area (Å²) in [5.74, 6) is 0. The highest BCUT2D eigenvalue weighted by Gasteiger charge is 2.23. The Labute approximate surface area is 55.2 Å². The fraction of sp³-hybridized carbons (Fsp3) is 1.00. The molecular formula is C6H13N3. The molecule has 2 bridgehead atoms. The van der Waals surface area contributed by atoms with Gasteiger partial charge in [0.15, 0.2) is 0 Å². The van der Waals surface area contributed by atoms with Crippen LogP contribution in [-0.4, -0.2) is 25.4 Å². The first-order valence-electron chi connectivity index (χ1n) is 3.68. The molecular weight excluding hydrogens is 114 g/mol. The van der Waals surface area contributed by atoms with Crippen LogP contribution in [0.25, 0.3) is 0 Å². The summed E-state index contributed by atoms with van der Waals surface area (Å²) in [5, 5.41) is 10.2. The minimum Gasteiger partial charge on any atom is -0.302 e. The van der Waals surface area contributed by atoms with Crippen molar-refractivity contribution in [3.63, 3.8) is 0 Å². The molecule has 0 spiro atoms. The van der Waals surface area contributed by atoms with E-state index in [0.29, 0.717) is 12.3 Å². The summed E-state index contributed by atoms with van der Waals surface area (Å²) in [7, 11) is 0. The molecule has 0 saturated carbocycles. The zero-order chi connectivity index (χ0) is 6.10. The van der Waals surface area contributed by atoms with E-state index in [2.05, 4.69) is 16.0 Å². The van der Waals surface area contributed by atoms with Gasteiger partial charge in [-0.1, -0.05) is 0 Å². The molecule has 2 aliphatic rings. The van der Waals surface area contributed by atoms with Gasteiger partial charge < -0.3 is 10.6 Å². The second-order valence-corrected chi connectivity index (χ2v) is 2.76. The molecule has 0 aromatic carbocycles. The minimum absolute atomic E-state index is 0.588. The van der Waals surface area contributed by atoms with E-state index in [4.69, 9.17) is 0 Å². The maximum atomic E-state index is 3.43. The molecule has 2 rings (SSSR count). The molecule has 0 aromatic rings. The first kappa shape index (κ1) is 5.65. The van der Waals surface area contributed by atoms with Gasteiger partial charge in [-0.05, 0) is 25.9 Å². The van der Waals surface area contributed by atoms with Crippen molar-refractivity contribution in [3.05, 3.63) is 0 Å². The van der Waals surface area contributed by atoms with Crippen molar-refractivity contribution in [1.82, 2.24) is 16.0 Å². The lowest BCUT2D eigenvalue weighted by molar-refractivity contribution is 0.210. The molecule has 2 aliphatic heterocycles. The lowest BCUT2D eigenvalue weighted by Gasteiger charge is -2.37. The van der Waals surface area contributed by atoms with Crippen molar-refractivity contribution in [2.75, 3.05) is 13.1 Å². The predicted octanol–water partition coefficient (Wildman–Crippen LogP) is -0.785. The van der Waals surface area contributed by atoms with Crippen molar-refractivity contribution in [2.45, 2.75) is 25.2 Å². The van der Waals surface area contributed by atoms with E-state index < -0.39 is 0 Å². The first-order chi connectivity index (χ1) is 4.45. The molecule has 0 aromatic heterocycles. The van der Waals surface area contributed by atoms with E-state index in [1.54, 1.807) is 0 Å². The van der Waals surface area contributed by atoms with Gasteiger partial charge in [0.2, 0.25) is 0 Å². The third-order valence-electron chi connectivity index (χ3n) is 2.05. The molecule has 3 nitrogen and oxygen atoms in total. The standard InChI is InChI=1S/C6H13N3/c1-3-7-6-2-4-8-5(1)9-6/h5-9H,1-4H2. The smallest absolute Gasteiger partial charge is 0.0595 e. The molecule has 2 fully saturated rings. The molecule has 2 atom stereocenters. The van der Waals surface area contributed by atoms with E-state index in [9.17, 15) is 0 Å². The molecule has 2 unspecified atom stereocenters. The number of hydrogen-bond acceptors (Lipinski definition) is 3. The average molecular weight is 127 g/mol. The first-order valence-corrected chi connectivity index (χ1v) is 3.68. The topological polar surface area (TPSA) is 36.1 Å². The highest BCUT2D eigenvalue weighted by molar-refractivity contribution is 4.82. The zero-order valence-corrected chi connectivity index (χ0v) is 5.48. The highest BCUT2D eigenvalue weighted by Crippen LogP contribution is 2.03. The van der Waals surface area contributed by atoms with Gasteiger partial charge in [-0.25, -0.2) is 0 Å². The number of nitrogens with one attached hydrogen (secondary N) is 3. The Bertz CT molecular complexity index is 84.5. The Hall–Kier alpha value is -0.120. The molecule has 3 N–H and O–H groups in total. The van der Waals surface area contributed by atoms with Crippen molar-refractivity contribution in [3.8, 4) is 0 Å². The largest absolute Gasteiger partial charge is 0.302 e. The normalized spacial score (nSPS) is 42.7. The summed E-state index contributed by atoms with van der Waals surface area (Å²) >= 11 is 0. The third kappa shape index (κ3) is 1.08. The fourth-order valence-electron chi connectivity index (χ4n) is 1.54. The second-order valence-electron chi connectivity index (χ2n) is 2.76. The summed E-state index contributed by atoms with van der Waals surface area (Å²) in [6, 6.07) is 0. The Morgan fingerprint density at radius 3 is 1.89 bits per heavy atom. The van der Waals surface area contributed by atoms with Crippen LogP contribution in [0.4, 0.5) is 0 Å². The van der Waals surface area contributed by atoms with Gasteiger partial charge in [-0.3, -0.25) is 5.32 Å². The Balaban J connectivity index is 1.96. The summed E-state index contributed by atoms with van der Waals surface area (Å²) < 4.78 is 0. The van der Waals surface area contributed by atoms with Crippen molar-refractivity contribution in [1.29, 1.82) is 0 Å². The van der Waals surface area contributed by atoms with Gasteiger partial charge in [0.1, 0.15) is 0 Å². The van der Waals surface area contributed by atoms with E-state index >= 15 is 0 Å². The Morgan fingerprint density at radius 2 is 1.44 bits per heavy atom. The molecule has 2 saturated heterocycles. The third-order valence-corrected chi connectivity index (χ3v) is 2.05. The summed E-state index contributed by atoms with van der Waals surface area (Å²) in [6.45, 7) is 2.32. The summed E-state index contributed by atoms with van der Waals surface area (Å²) in [6.07, 6.45) is 3.61. The van der Waals surface area contributed by atoms with Crippen LogP contribution < -0.4 is 16.0 Å². The summed E-state index contributed by atoms with van der Waals surface area (Å²) in [5.41, 5.74) is 0. The van der Waals surface area contributed by atoms with Gasteiger partial charge in [0.05, 0.1) is 12.3 Å². The molecule has 3 heteroatoms. The Morgan fingerprint density at radius 1 is 0.889 bits per heavy atom. The molecule has 52 valence electrons. The molecule has 0 aliphatic carbocycles. The highest BCUT2D eigenvalue weighted by atomic mass is 15.3. The molecule has 9 heavy (non-hydrogen) atoms. The van der Waals surface area contributed by atoms with Crippen molar-refractivity contribution < 1.29 is 0 Å². The summed E-state index contributed by atoms with van der Waals surface area (Å²) in [4.78, 5) is 0. The van der Waals surface area contributed by atoms with E-state index in [1.165, 1.54) is 12.8 Å². The van der Waals surface area contributed by atoms with Crippen LogP contribution in [-0.2, 0) is 0 Å². The average Bonchev–Trinajstić information content (AvgIpc) is 1.88. The lowest BCUT2D eigenvalue weighted by Crippen LogP contribution is -2.63. The van der Waals surface area contributed by atoms with Gasteiger partial charge in [-0.15, -0.1) is 0 Å². The van der Waals surface area contributed by atoms with E-state index in [0.717, 1.165) is 13.1 Å². The van der Waals surface area contributed by atoms with Gasteiger partial charge in [-0.2, -0.15) is 0 Å². The van der Waals surface area contributed by atoms with Crippen LogP contribution in [0.15, 0.2) is 0 Å². The maximum absolute atomic E-state index is 3.43. The van der Waals surface area contributed by atoms with Crippen LogP contribution in [0.5, 0.6) is 0 Å². The molecule has 0 radical (unpaired) electrons. The number of hydrogen-bond donors (Lipinski definition) is 3. The van der Waals surface area contributed by atoms with Crippen LogP contribution in [0.2, 0.25) is 0 Å². The zero-order valence-electron chi connectivity index (χ0n) is 5.48. The van der Waals surface area contributed by atoms with Crippen molar-refractivity contribution in [2.24, 2.45) is 0 Å². The van der Waals surface area contributed by atoms with Crippen LogP contribution in [0, 0.1) is 0 Å². The monoisotopic (exact) mass is 127 g/mol. The van der Waals surface area contributed by atoms with E-state index in [1.807, 2.05) is 0 Å².